The molecule has 0 saturated carbocycles. The maximum atomic E-state index is 10.1. The number of nitrogens with zero attached hydrogens (tertiary/aromatic N) is 1. The molecule has 134 valence electrons. The van der Waals surface area contributed by atoms with Gasteiger partial charge in [-0.3, -0.25) is 9.69 Å². The topological polar surface area (TPSA) is 81.0 Å². The predicted molar refractivity (Wildman–Crippen MR) is 90.8 cm³/mol. The summed E-state index contributed by atoms with van der Waals surface area (Å²) < 4.78 is 0. The van der Waals surface area contributed by atoms with E-state index in [-0.39, 0.29) is 5.92 Å². The van der Waals surface area contributed by atoms with Gasteiger partial charge in [-0.15, -0.1) is 0 Å². The fourth-order valence-electron chi connectivity index (χ4n) is 2.43. The number of carboxylic acids is 1. The molecule has 5 heteroatoms. The maximum Gasteiger partial charge on any atom is 0.303 e. The molecule has 5 nitrogen and oxygen atoms in total. The highest BCUT2D eigenvalue weighted by Crippen LogP contribution is 2.23. The molecule has 0 heterocycles. The second-order valence-corrected chi connectivity index (χ2v) is 6.42. The third-order valence-electron chi connectivity index (χ3n) is 3.93. The quantitative estimate of drug-likeness (QED) is 0.426. The molecule has 0 saturated heterocycles. The molecule has 0 spiro atoms. The third kappa shape index (κ3) is 10.1. The Morgan fingerprint density at radius 2 is 1.50 bits per heavy atom. The molecule has 0 aromatic rings. The first-order valence-corrected chi connectivity index (χ1v) is 8.40. The fourth-order valence-corrected chi connectivity index (χ4v) is 2.43. The van der Waals surface area contributed by atoms with Crippen LogP contribution < -0.4 is 0 Å². The van der Waals surface area contributed by atoms with Crippen LogP contribution in [0.5, 0.6) is 0 Å². The summed E-state index contributed by atoms with van der Waals surface area (Å²) in [6.07, 6.45) is 6.51. The van der Waals surface area contributed by atoms with Crippen molar-refractivity contribution in [3.63, 3.8) is 0 Å². The molecule has 0 radical (unpaired) electrons. The lowest BCUT2D eigenvalue weighted by molar-refractivity contribution is -0.183. The minimum absolute atomic E-state index is 0.0116. The van der Waals surface area contributed by atoms with Crippen LogP contribution in [0.4, 0.5) is 0 Å². The van der Waals surface area contributed by atoms with E-state index in [9.17, 15) is 15.0 Å². The summed E-state index contributed by atoms with van der Waals surface area (Å²) in [7, 11) is 3.51. The van der Waals surface area contributed by atoms with E-state index in [1.54, 1.807) is 25.9 Å². The number of aliphatic hydroxyl groups is 2. The highest BCUT2D eigenvalue weighted by atomic mass is 16.4. The van der Waals surface area contributed by atoms with Gasteiger partial charge in [-0.2, -0.15) is 0 Å². The third-order valence-corrected chi connectivity index (χ3v) is 3.93. The summed E-state index contributed by atoms with van der Waals surface area (Å²) in [6, 6.07) is 0. The number of aliphatic carboxylic acids is 1. The van der Waals surface area contributed by atoms with Gasteiger partial charge in [-0.05, 0) is 33.4 Å². The van der Waals surface area contributed by atoms with Crippen LogP contribution in [-0.2, 0) is 4.79 Å². The number of hydrogen-bond acceptors (Lipinski definition) is 4. The van der Waals surface area contributed by atoms with Gasteiger partial charge < -0.3 is 15.3 Å². The first-order valence-electron chi connectivity index (χ1n) is 8.40. The van der Waals surface area contributed by atoms with Gasteiger partial charge in [0.1, 0.15) is 5.72 Å². The van der Waals surface area contributed by atoms with Crippen LogP contribution in [-0.4, -0.2) is 52.1 Å². The van der Waals surface area contributed by atoms with Gasteiger partial charge in [0.2, 0.25) is 0 Å². The van der Waals surface area contributed by atoms with E-state index in [4.69, 9.17) is 5.11 Å². The Morgan fingerprint density at radius 3 is 1.77 bits per heavy atom. The van der Waals surface area contributed by atoms with E-state index < -0.39 is 17.8 Å². The smallest absolute Gasteiger partial charge is 0.303 e. The Kier molecular flexibility index (Phi) is 13.8. The second-order valence-electron chi connectivity index (χ2n) is 6.42. The van der Waals surface area contributed by atoms with E-state index in [1.807, 2.05) is 13.8 Å². The lowest BCUT2D eigenvalue weighted by Gasteiger charge is -2.40. The van der Waals surface area contributed by atoms with E-state index in [0.29, 0.717) is 6.42 Å². The highest BCUT2D eigenvalue weighted by molar-refractivity contribution is 5.66. The number of carbonyl (C=O) groups is 1. The van der Waals surface area contributed by atoms with E-state index in [2.05, 4.69) is 6.92 Å². The number of hydrogen-bond donors (Lipinski definition) is 3. The molecule has 0 aromatic heterocycles. The number of carboxylic acid groups (broad SMARTS) is 1. The van der Waals surface area contributed by atoms with Gasteiger partial charge in [-0.25, -0.2) is 0 Å². The van der Waals surface area contributed by atoms with E-state index in [1.165, 1.54) is 25.7 Å². The molecule has 0 bridgehead atoms. The SMILES string of the molecule is CC(C)C(O)(C(C)O)N(C)C.CCCCCCCCC(=O)O. The summed E-state index contributed by atoms with van der Waals surface area (Å²) in [5, 5.41) is 27.6. The summed E-state index contributed by atoms with van der Waals surface area (Å²) in [6.45, 7) is 7.54. The molecule has 0 amide bonds. The first-order chi connectivity index (χ1) is 10.1. The normalized spacial score (nSPS) is 15.2. The summed E-state index contributed by atoms with van der Waals surface area (Å²) in [5.41, 5.74) is -1.11. The number of likely N-dealkylation sites (N-methyl/N-ethyl adjacent to an activating group) is 1. The molecule has 2 atom stereocenters. The Morgan fingerprint density at radius 1 is 1.05 bits per heavy atom. The molecule has 0 aromatic carbocycles. The van der Waals surface area contributed by atoms with E-state index >= 15 is 0 Å². The largest absolute Gasteiger partial charge is 0.481 e. The minimum atomic E-state index is -1.11. The van der Waals surface area contributed by atoms with Crippen LogP contribution in [0, 0.1) is 5.92 Å². The van der Waals surface area contributed by atoms with Crippen LogP contribution in [0.25, 0.3) is 0 Å². The first kappa shape index (κ1) is 23.6. The van der Waals surface area contributed by atoms with Crippen molar-refractivity contribution >= 4 is 5.97 Å². The second kappa shape index (κ2) is 12.9. The van der Waals surface area contributed by atoms with Crippen LogP contribution in [0.3, 0.4) is 0 Å². The lowest BCUT2D eigenvalue weighted by Crippen LogP contribution is -2.56. The van der Waals surface area contributed by atoms with Crippen molar-refractivity contribution in [2.45, 2.75) is 84.5 Å². The monoisotopic (exact) mass is 319 g/mol. The summed E-state index contributed by atoms with van der Waals surface area (Å²) in [5.74, 6) is -0.655. The van der Waals surface area contributed by atoms with Crippen molar-refractivity contribution in [3.8, 4) is 0 Å². The molecule has 2 unspecified atom stereocenters. The number of rotatable bonds is 10. The van der Waals surface area contributed by atoms with Crippen LogP contribution in [0.15, 0.2) is 0 Å². The highest BCUT2D eigenvalue weighted by Gasteiger charge is 2.38. The van der Waals surface area contributed by atoms with Gasteiger partial charge in [-0.1, -0.05) is 52.9 Å². The number of aliphatic hydroxyl groups excluding tert-OH is 1. The van der Waals surface area contributed by atoms with Gasteiger partial charge in [0.25, 0.3) is 0 Å². The molecule has 0 aliphatic rings. The molecular formula is C17H37NO4. The average molecular weight is 319 g/mol. The summed E-state index contributed by atoms with van der Waals surface area (Å²) in [4.78, 5) is 11.7. The van der Waals surface area contributed by atoms with Gasteiger partial charge in [0.15, 0.2) is 0 Å². The van der Waals surface area contributed by atoms with Crippen molar-refractivity contribution in [2.75, 3.05) is 14.1 Å². The Labute approximate surface area is 136 Å². The average Bonchev–Trinajstić information content (AvgIpc) is 2.41. The zero-order chi connectivity index (χ0) is 17.8. The van der Waals surface area contributed by atoms with Crippen molar-refractivity contribution in [1.82, 2.24) is 4.90 Å². The molecule has 0 aliphatic carbocycles. The Hall–Kier alpha value is -0.650. The maximum absolute atomic E-state index is 10.1. The van der Waals surface area contributed by atoms with Crippen LogP contribution in [0.2, 0.25) is 0 Å². The standard InChI is InChI=1S/C9H18O2.C8H19NO2/c1-2-3-4-5-6-7-8-9(10)11;1-6(2)8(11,7(3)10)9(4)5/h2-8H2,1H3,(H,10,11);6-7,10-11H,1-5H3. The van der Waals surface area contributed by atoms with Crippen LogP contribution >= 0.6 is 0 Å². The van der Waals surface area contributed by atoms with E-state index in [0.717, 1.165) is 12.8 Å². The fraction of sp³-hybridized carbons (Fsp3) is 0.941. The minimum Gasteiger partial charge on any atom is -0.481 e. The lowest BCUT2D eigenvalue weighted by atomic mass is 9.93. The molecular weight excluding hydrogens is 282 g/mol. The predicted octanol–water partition coefficient (Wildman–Crippen LogP) is 3.10. The Balaban J connectivity index is 0. The molecule has 0 fully saturated rings. The van der Waals surface area contributed by atoms with Gasteiger partial charge >= 0.3 is 5.97 Å². The summed E-state index contributed by atoms with van der Waals surface area (Å²) >= 11 is 0. The van der Waals surface area contributed by atoms with Gasteiger partial charge in [0.05, 0.1) is 6.10 Å². The Bertz CT molecular complexity index is 256. The van der Waals surface area contributed by atoms with Crippen molar-refractivity contribution in [2.24, 2.45) is 5.92 Å². The number of unbranched alkanes of at least 4 members (excludes halogenated alkanes) is 5. The zero-order valence-corrected chi connectivity index (χ0v) is 15.3. The molecule has 22 heavy (non-hydrogen) atoms. The van der Waals surface area contributed by atoms with Crippen molar-refractivity contribution in [1.29, 1.82) is 0 Å². The molecule has 3 N–H and O–H groups in total. The van der Waals surface area contributed by atoms with Crippen molar-refractivity contribution < 1.29 is 20.1 Å². The van der Waals surface area contributed by atoms with Gasteiger partial charge in [0, 0.05) is 6.42 Å². The molecule has 0 rings (SSSR count). The van der Waals surface area contributed by atoms with Crippen molar-refractivity contribution in [3.05, 3.63) is 0 Å². The van der Waals surface area contributed by atoms with Crippen LogP contribution in [0.1, 0.15) is 72.6 Å². The zero-order valence-electron chi connectivity index (χ0n) is 15.3. The molecule has 0 aliphatic heterocycles.